The van der Waals surface area contributed by atoms with Gasteiger partial charge in [-0.25, -0.2) is 0 Å². The number of aliphatic hydroxyl groups is 2. The van der Waals surface area contributed by atoms with Crippen LogP contribution in [0.3, 0.4) is 0 Å². The predicted octanol–water partition coefficient (Wildman–Crippen LogP) is -0.711. The Morgan fingerprint density at radius 3 is 2.47 bits per heavy atom. The molecule has 0 aromatic carbocycles. The normalized spacial score (nSPS) is 18.5. The van der Waals surface area contributed by atoms with Gasteiger partial charge in [-0.05, 0) is 19.5 Å². The third-order valence-corrected chi connectivity index (χ3v) is 3.25. The molecule has 0 unspecified atom stereocenters. The van der Waals surface area contributed by atoms with Crippen LogP contribution in [0.2, 0.25) is 0 Å². The van der Waals surface area contributed by atoms with Crippen molar-refractivity contribution in [2.45, 2.75) is 13.3 Å². The lowest BCUT2D eigenvalue weighted by atomic mass is 9.93. The summed E-state index contributed by atoms with van der Waals surface area (Å²) in [5.41, 5.74) is -0.404. The standard InChI is InChI=1S/C12H26N2O3/c1-12(10-15,11-16)9-13-3-2-4-14-5-7-17-8-6-14/h13,15-16H,2-11H2,1H3. The summed E-state index contributed by atoms with van der Waals surface area (Å²) in [6, 6.07) is 0. The summed E-state index contributed by atoms with van der Waals surface area (Å²) in [6.07, 6.45) is 1.09. The maximum atomic E-state index is 9.12. The molecule has 5 nitrogen and oxygen atoms in total. The van der Waals surface area contributed by atoms with Crippen LogP contribution in [0.25, 0.3) is 0 Å². The molecular formula is C12H26N2O3. The molecule has 5 heteroatoms. The van der Waals surface area contributed by atoms with E-state index < -0.39 is 5.41 Å². The zero-order valence-corrected chi connectivity index (χ0v) is 10.8. The van der Waals surface area contributed by atoms with Gasteiger partial charge >= 0.3 is 0 Å². The molecule has 0 aromatic rings. The number of ether oxygens (including phenoxy) is 1. The van der Waals surface area contributed by atoms with E-state index in [4.69, 9.17) is 14.9 Å². The van der Waals surface area contributed by atoms with Crippen LogP contribution in [0.15, 0.2) is 0 Å². The molecular weight excluding hydrogens is 220 g/mol. The first kappa shape index (κ1) is 14.9. The minimum atomic E-state index is -0.404. The van der Waals surface area contributed by atoms with E-state index in [0.717, 1.165) is 45.8 Å². The van der Waals surface area contributed by atoms with Gasteiger partial charge in [-0.2, -0.15) is 0 Å². The summed E-state index contributed by atoms with van der Waals surface area (Å²) >= 11 is 0. The molecule has 0 amide bonds. The average molecular weight is 246 g/mol. The zero-order chi connectivity index (χ0) is 12.6. The predicted molar refractivity (Wildman–Crippen MR) is 67.0 cm³/mol. The number of nitrogens with one attached hydrogen (secondary N) is 1. The molecule has 1 aliphatic heterocycles. The van der Waals surface area contributed by atoms with E-state index in [1.54, 1.807) is 0 Å². The lowest BCUT2D eigenvalue weighted by Crippen LogP contribution is -2.40. The Balaban J connectivity index is 2.00. The fraction of sp³-hybridized carbons (Fsp3) is 1.00. The van der Waals surface area contributed by atoms with Crippen molar-refractivity contribution in [3.8, 4) is 0 Å². The smallest absolute Gasteiger partial charge is 0.0594 e. The van der Waals surface area contributed by atoms with Crippen molar-refractivity contribution in [3.63, 3.8) is 0 Å². The monoisotopic (exact) mass is 246 g/mol. The van der Waals surface area contributed by atoms with Crippen molar-refractivity contribution in [2.75, 3.05) is 59.2 Å². The van der Waals surface area contributed by atoms with Crippen molar-refractivity contribution in [1.82, 2.24) is 10.2 Å². The first-order chi connectivity index (χ1) is 8.20. The van der Waals surface area contributed by atoms with Gasteiger partial charge in [0, 0.05) is 25.0 Å². The maximum Gasteiger partial charge on any atom is 0.0594 e. The summed E-state index contributed by atoms with van der Waals surface area (Å²) < 4.78 is 5.29. The first-order valence-corrected chi connectivity index (χ1v) is 6.43. The van der Waals surface area contributed by atoms with Crippen LogP contribution in [-0.2, 0) is 4.74 Å². The zero-order valence-electron chi connectivity index (χ0n) is 10.8. The molecule has 17 heavy (non-hydrogen) atoms. The van der Waals surface area contributed by atoms with Crippen molar-refractivity contribution in [1.29, 1.82) is 0 Å². The Hall–Kier alpha value is -0.200. The topological polar surface area (TPSA) is 65.0 Å². The van der Waals surface area contributed by atoms with Gasteiger partial charge in [-0.15, -0.1) is 0 Å². The van der Waals surface area contributed by atoms with E-state index in [2.05, 4.69) is 10.2 Å². The Morgan fingerprint density at radius 2 is 1.88 bits per heavy atom. The Morgan fingerprint density at radius 1 is 1.24 bits per heavy atom. The second kappa shape index (κ2) is 8.00. The largest absolute Gasteiger partial charge is 0.396 e. The molecule has 0 radical (unpaired) electrons. The van der Waals surface area contributed by atoms with Gasteiger partial charge in [-0.3, -0.25) is 4.90 Å². The van der Waals surface area contributed by atoms with E-state index in [1.165, 1.54) is 0 Å². The second-order valence-corrected chi connectivity index (χ2v) is 5.11. The van der Waals surface area contributed by atoms with Gasteiger partial charge in [-0.1, -0.05) is 6.92 Å². The summed E-state index contributed by atoms with van der Waals surface area (Å²) in [5, 5.41) is 21.5. The molecule has 1 aliphatic rings. The fourth-order valence-corrected chi connectivity index (χ4v) is 1.80. The summed E-state index contributed by atoms with van der Waals surface area (Å²) in [5.74, 6) is 0. The number of hydrogen-bond acceptors (Lipinski definition) is 5. The molecule has 0 saturated carbocycles. The van der Waals surface area contributed by atoms with E-state index in [-0.39, 0.29) is 13.2 Å². The lowest BCUT2D eigenvalue weighted by Gasteiger charge is -2.27. The van der Waals surface area contributed by atoms with E-state index in [1.807, 2.05) is 6.92 Å². The molecule has 102 valence electrons. The Labute approximate surface area is 104 Å². The first-order valence-electron chi connectivity index (χ1n) is 6.43. The Kier molecular flexibility index (Phi) is 6.99. The van der Waals surface area contributed by atoms with E-state index >= 15 is 0 Å². The molecule has 0 spiro atoms. The highest BCUT2D eigenvalue weighted by Gasteiger charge is 2.21. The maximum absolute atomic E-state index is 9.12. The molecule has 1 saturated heterocycles. The third kappa shape index (κ3) is 5.79. The number of morpholine rings is 1. The highest BCUT2D eigenvalue weighted by atomic mass is 16.5. The van der Waals surface area contributed by atoms with Crippen LogP contribution in [0.4, 0.5) is 0 Å². The summed E-state index contributed by atoms with van der Waals surface area (Å²) in [7, 11) is 0. The quantitative estimate of drug-likeness (QED) is 0.494. The number of aliphatic hydroxyl groups excluding tert-OH is 2. The van der Waals surface area contributed by atoms with Crippen LogP contribution >= 0.6 is 0 Å². The van der Waals surface area contributed by atoms with Crippen molar-refractivity contribution < 1.29 is 14.9 Å². The lowest BCUT2D eigenvalue weighted by molar-refractivity contribution is 0.0369. The number of hydrogen-bond donors (Lipinski definition) is 3. The molecule has 1 rings (SSSR count). The van der Waals surface area contributed by atoms with E-state index in [0.29, 0.717) is 6.54 Å². The highest BCUT2D eigenvalue weighted by molar-refractivity contribution is 4.74. The minimum Gasteiger partial charge on any atom is -0.396 e. The van der Waals surface area contributed by atoms with Crippen LogP contribution in [0.1, 0.15) is 13.3 Å². The van der Waals surface area contributed by atoms with Crippen LogP contribution in [0.5, 0.6) is 0 Å². The third-order valence-electron chi connectivity index (χ3n) is 3.25. The van der Waals surface area contributed by atoms with Crippen LogP contribution in [0, 0.1) is 5.41 Å². The van der Waals surface area contributed by atoms with Gasteiger partial charge in [0.05, 0.1) is 26.4 Å². The van der Waals surface area contributed by atoms with Crippen molar-refractivity contribution in [3.05, 3.63) is 0 Å². The van der Waals surface area contributed by atoms with Gasteiger partial charge in [0.1, 0.15) is 0 Å². The van der Waals surface area contributed by atoms with Gasteiger partial charge in [0.25, 0.3) is 0 Å². The van der Waals surface area contributed by atoms with Gasteiger partial charge in [0.2, 0.25) is 0 Å². The second-order valence-electron chi connectivity index (χ2n) is 5.11. The molecule has 0 aromatic heterocycles. The molecule has 0 bridgehead atoms. The SMILES string of the molecule is CC(CO)(CO)CNCCCN1CCOCC1. The van der Waals surface area contributed by atoms with Crippen molar-refractivity contribution in [2.24, 2.45) is 5.41 Å². The number of rotatable bonds is 8. The Bertz CT molecular complexity index is 192. The highest BCUT2D eigenvalue weighted by Crippen LogP contribution is 2.11. The number of nitrogens with zero attached hydrogens (tertiary/aromatic N) is 1. The molecule has 3 N–H and O–H groups in total. The van der Waals surface area contributed by atoms with Crippen LogP contribution < -0.4 is 5.32 Å². The van der Waals surface area contributed by atoms with E-state index in [9.17, 15) is 0 Å². The summed E-state index contributed by atoms with van der Waals surface area (Å²) in [4.78, 5) is 2.41. The fourth-order valence-electron chi connectivity index (χ4n) is 1.80. The van der Waals surface area contributed by atoms with Crippen LogP contribution in [-0.4, -0.2) is 74.3 Å². The van der Waals surface area contributed by atoms with Gasteiger partial charge < -0.3 is 20.3 Å². The molecule has 0 aliphatic carbocycles. The van der Waals surface area contributed by atoms with Gasteiger partial charge in [0.15, 0.2) is 0 Å². The summed E-state index contributed by atoms with van der Waals surface area (Å²) in [6.45, 7) is 8.33. The van der Waals surface area contributed by atoms with Crippen molar-refractivity contribution >= 4 is 0 Å². The molecule has 1 fully saturated rings. The minimum absolute atomic E-state index is 0.0139. The average Bonchev–Trinajstić information content (AvgIpc) is 2.39. The molecule has 0 atom stereocenters. The molecule has 1 heterocycles.